The number of likely N-dealkylation sites (N-methyl/N-ethyl adjacent to an activating group) is 1. The molecule has 4 rings (SSSR count). The number of aromatic nitrogens is 3. The van der Waals surface area contributed by atoms with Crippen LogP contribution in [0.2, 0.25) is 5.02 Å². The first-order valence-electron chi connectivity index (χ1n) is 11.6. The molecular formula is C24H29ClF2N8O. The first-order chi connectivity index (χ1) is 17.3. The zero-order chi connectivity index (χ0) is 25.8. The highest BCUT2D eigenvalue weighted by Crippen LogP contribution is 2.30. The minimum absolute atomic E-state index is 0.0143. The van der Waals surface area contributed by atoms with Crippen LogP contribution in [0.5, 0.6) is 5.75 Å². The number of ether oxygens (including phenoxy) is 1. The van der Waals surface area contributed by atoms with Gasteiger partial charge in [0.15, 0.2) is 0 Å². The standard InChI is InChI=1S/C24H29ClF2N8O/c1-14(32-17-4-6-29-7-5-17)22(33-28)15-8-21(24-18(25)11-31-35(24)12-15)36-13-20(34(2)3)23-19(27)9-16(26)10-30-23/h8-12,17,20,29H,4-7,13,28H2,1-3H3/b32-14?,33-22+. The molecule has 9 nitrogen and oxygen atoms in total. The van der Waals surface area contributed by atoms with Crippen LogP contribution in [0, 0.1) is 11.6 Å². The number of rotatable bonds is 8. The van der Waals surface area contributed by atoms with Gasteiger partial charge in [0.25, 0.3) is 0 Å². The number of hydrogen-bond acceptors (Lipinski definition) is 8. The van der Waals surface area contributed by atoms with Gasteiger partial charge in [0, 0.05) is 17.8 Å². The summed E-state index contributed by atoms with van der Waals surface area (Å²) in [6.45, 7) is 3.73. The van der Waals surface area contributed by atoms with Crippen molar-refractivity contribution in [3.8, 4) is 5.75 Å². The Labute approximate surface area is 213 Å². The van der Waals surface area contributed by atoms with Crippen molar-refractivity contribution in [2.24, 2.45) is 15.9 Å². The van der Waals surface area contributed by atoms with Crippen molar-refractivity contribution in [1.82, 2.24) is 24.8 Å². The van der Waals surface area contributed by atoms with Gasteiger partial charge in [-0.2, -0.15) is 10.2 Å². The van der Waals surface area contributed by atoms with Gasteiger partial charge in [-0.1, -0.05) is 11.6 Å². The second kappa shape index (κ2) is 11.3. The van der Waals surface area contributed by atoms with E-state index in [1.165, 1.54) is 6.20 Å². The topological polar surface area (TPSA) is 105 Å². The fraction of sp³-hybridized carbons (Fsp3) is 0.417. The van der Waals surface area contributed by atoms with Crippen LogP contribution in [0.3, 0.4) is 0 Å². The van der Waals surface area contributed by atoms with Crippen LogP contribution in [-0.4, -0.2) is 70.8 Å². The van der Waals surface area contributed by atoms with Crippen LogP contribution in [0.4, 0.5) is 8.78 Å². The van der Waals surface area contributed by atoms with Gasteiger partial charge in [-0.3, -0.25) is 14.9 Å². The number of halogens is 3. The van der Waals surface area contributed by atoms with E-state index in [4.69, 9.17) is 27.2 Å². The Morgan fingerprint density at radius 2 is 2.06 bits per heavy atom. The maximum absolute atomic E-state index is 14.5. The number of pyridine rings is 2. The monoisotopic (exact) mass is 518 g/mol. The number of nitrogens with two attached hydrogens (primary N) is 1. The molecule has 1 aliphatic heterocycles. The van der Waals surface area contributed by atoms with Crippen LogP contribution in [0.25, 0.3) is 5.52 Å². The first-order valence-corrected chi connectivity index (χ1v) is 12.0. The number of fused-ring (bicyclic) bond motifs is 1. The maximum atomic E-state index is 14.5. The largest absolute Gasteiger partial charge is 0.489 e. The van der Waals surface area contributed by atoms with E-state index in [1.807, 2.05) is 6.92 Å². The van der Waals surface area contributed by atoms with E-state index in [0.717, 1.165) is 38.2 Å². The lowest BCUT2D eigenvalue weighted by atomic mass is 10.0. The van der Waals surface area contributed by atoms with Gasteiger partial charge in [0.1, 0.15) is 35.2 Å². The molecule has 1 atom stereocenters. The Bertz CT molecular complexity index is 1290. The summed E-state index contributed by atoms with van der Waals surface area (Å²) < 4.78 is 35.6. The van der Waals surface area contributed by atoms with Crippen molar-refractivity contribution in [3.05, 3.63) is 58.6 Å². The molecule has 1 aliphatic rings. The molecule has 0 saturated carbocycles. The van der Waals surface area contributed by atoms with Gasteiger partial charge in [-0.25, -0.2) is 13.3 Å². The Kier molecular flexibility index (Phi) is 8.12. The zero-order valence-corrected chi connectivity index (χ0v) is 21.1. The minimum Gasteiger partial charge on any atom is -0.489 e. The third-order valence-corrected chi connectivity index (χ3v) is 6.41. The lowest BCUT2D eigenvalue weighted by Crippen LogP contribution is -2.31. The summed E-state index contributed by atoms with van der Waals surface area (Å²) in [5.41, 5.74) is 2.46. The lowest BCUT2D eigenvalue weighted by Gasteiger charge is -2.24. The molecule has 1 unspecified atom stereocenters. The molecule has 1 saturated heterocycles. The molecule has 12 heteroatoms. The molecule has 3 N–H and O–H groups in total. The van der Waals surface area contributed by atoms with Crippen molar-refractivity contribution in [2.45, 2.75) is 31.8 Å². The number of piperidine rings is 1. The fourth-order valence-electron chi connectivity index (χ4n) is 4.25. The normalized spacial score (nSPS) is 16.6. The van der Waals surface area contributed by atoms with Gasteiger partial charge < -0.3 is 15.9 Å². The summed E-state index contributed by atoms with van der Waals surface area (Å²) >= 11 is 6.40. The average Bonchev–Trinajstić information content (AvgIpc) is 3.22. The van der Waals surface area contributed by atoms with Crippen molar-refractivity contribution < 1.29 is 13.5 Å². The summed E-state index contributed by atoms with van der Waals surface area (Å²) in [5.74, 6) is 4.70. The van der Waals surface area contributed by atoms with Crippen LogP contribution >= 0.6 is 11.6 Å². The van der Waals surface area contributed by atoms with Gasteiger partial charge in [-0.15, -0.1) is 0 Å². The van der Waals surface area contributed by atoms with E-state index in [9.17, 15) is 8.78 Å². The smallest absolute Gasteiger partial charge is 0.149 e. The van der Waals surface area contributed by atoms with Gasteiger partial charge in [0.2, 0.25) is 0 Å². The van der Waals surface area contributed by atoms with Crippen LogP contribution in [-0.2, 0) is 0 Å². The number of nitrogens with zero attached hydrogens (tertiary/aromatic N) is 6. The highest BCUT2D eigenvalue weighted by atomic mass is 35.5. The molecule has 4 heterocycles. The number of hydrazone groups is 1. The van der Waals surface area contributed by atoms with Gasteiger partial charge in [-0.05, 0) is 53.0 Å². The molecule has 0 radical (unpaired) electrons. The Morgan fingerprint density at radius 1 is 1.31 bits per heavy atom. The molecule has 0 spiro atoms. The van der Waals surface area contributed by atoms with E-state index in [-0.39, 0.29) is 18.3 Å². The Hall–Kier alpha value is -3.15. The van der Waals surface area contributed by atoms with Gasteiger partial charge >= 0.3 is 0 Å². The first kappa shape index (κ1) is 25.9. The molecule has 0 bridgehead atoms. The molecule has 1 fully saturated rings. The lowest BCUT2D eigenvalue weighted by molar-refractivity contribution is 0.180. The average molecular weight is 519 g/mol. The highest BCUT2D eigenvalue weighted by Gasteiger charge is 2.23. The summed E-state index contributed by atoms with van der Waals surface area (Å²) in [7, 11) is 3.52. The predicted octanol–water partition coefficient (Wildman–Crippen LogP) is 3.22. The maximum Gasteiger partial charge on any atom is 0.149 e. The highest BCUT2D eigenvalue weighted by molar-refractivity contribution is 6.47. The van der Waals surface area contributed by atoms with E-state index in [0.29, 0.717) is 33.3 Å². The van der Waals surface area contributed by atoms with E-state index in [2.05, 4.69) is 20.5 Å². The SMILES string of the molecule is CC(=NC1CCNCC1)/C(=N\N)c1cc(OCC(c2ncc(F)cc2F)N(C)C)c2c(Cl)cnn2c1. The van der Waals surface area contributed by atoms with Crippen molar-refractivity contribution in [2.75, 3.05) is 33.8 Å². The number of hydrogen-bond donors (Lipinski definition) is 2. The molecule has 3 aromatic heterocycles. The van der Waals surface area contributed by atoms with Crippen molar-refractivity contribution in [3.63, 3.8) is 0 Å². The van der Waals surface area contributed by atoms with Crippen LogP contribution in [0.15, 0.2) is 40.8 Å². The van der Waals surface area contributed by atoms with Crippen molar-refractivity contribution >= 4 is 28.5 Å². The summed E-state index contributed by atoms with van der Waals surface area (Å²) in [6, 6.07) is 2.17. The molecule has 0 aromatic carbocycles. The number of nitrogens with one attached hydrogen (secondary N) is 1. The molecule has 36 heavy (non-hydrogen) atoms. The summed E-state index contributed by atoms with van der Waals surface area (Å²) in [5, 5.41) is 12.0. The van der Waals surface area contributed by atoms with Crippen LogP contribution in [0.1, 0.15) is 37.1 Å². The zero-order valence-electron chi connectivity index (χ0n) is 20.4. The Balaban J connectivity index is 1.67. The second-order valence-electron chi connectivity index (χ2n) is 8.86. The minimum atomic E-state index is -0.749. The number of aliphatic imine (C=N–C) groups is 1. The fourth-order valence-corrected chi connectivity index (χ4v) is 4.47. The molecule has 0 amide bonds. The summed E-state index contributed by atoms with van der Waals surface area (Å²) in [4.78, 5) is 10.5. The van der Waals surface area contributed by atoms with E-state index >= 15 is 0 Å². The third kappa shape index (κ3) is 5.63. The molecule has 3 aromatic rings. The Morgan fingerprint density at radius 3 is 2.72 bits per heavy atom. The molecule has 192 valence electrons. The van der Waals surface area contributed by atoms with Crippen LogP contribution < -0.4 is 15.9 Å². The van der Waals surface area contributed by atoms with Crippen molar-refractivity contribution in [1.29, 1.82) is 0 Å². The molecule has 0 aliphatic carbocycles. The predicted molar refractivity (Wildman–Crippen MR) is 136 cm³/mol. The quantitative estimate of drug-likeness (QED) is 0.269. The summed E-state index contributed by atoms with van der Waals surface area (Å²) in [6.07, 6.45) is 6.13. The van der Waals surface area contributed by atoms with Gasteiger partial charge in [0.05, 0.1) is 40.9 Å². The van der Waals surface area contributed by atoms with E-state index < -0.39 is 17.7 Å². The molecular weight excluding hydrogens is 490 g/mol. The second-order valence-corrected chi connectivity index (χ2v) is 9.27. The van der Waals surface area contributed by atoms with E-state index in [1.54, 1.807) is 35.8 Å². The third-order valence-electron chi connectivity index (χ3n) is 6.13.